The van der Waals surface area contributed by atoms with Crippen LogP contribution in [-0.4, -0.2) is 77.3 Å². The summed E-state index contributed by atoms with van der Waals surface area (Å²) in [6, 6.07) is 11.6. The molecule has 5 rings (SSSR count). The minimum absolute atomic E-state index is 0.103. The third-order valence-electron chi connectivity index (χ3n) is 13.6. The van der Waals surface area contributed by atoms with E-state index >= 15 is 0 Å². The van der Waals surface area contributed by atoms with Crippen LogP contribution in [0.1, 0.15) is 173 Å². The van der Waals surface area contributed by atoms with Crippen molar-refractivity contribution in [1.82, 2.24) is 4.90 Å². The van der Waals surface area contributed by atoms with Crippen LogP contribution in [0.5, 0.6) is 17.2 Å². The first-order valence-electron chi connectivity index (χ1n) is 25.4. The molecule has 0 bridgehead atoms. The van der Waals surface area contributed by atoms with Gasteiger partial charge in [0.15, 0.2) is 0 Å². The van der Waals surface area contributed by atoms with Gasteiger partial charge in [-0.15, -0.1) is 6.58 Å². The molecular weight excluding hydrogens is 817 g/mol. The molecule has 65 heavy (non-hydrogen) atoms. The van der Waals surface area contributed by atoms with Crippen molar-refractivity contribution in [3.05, 3.63) is 77.4 Å². The van der Waals surface area contributed by atoms with E-state index in [1.165, 1.54) is 50.5 Å². The number of rotatable bonds is 28. The van der Waals surface area contributed by atoms with Gasteiger partial charge in [0.25, 0.3) is 0 Å². The zero-order valence-electron chi connectivity index (χ0n) is 41.2. The molecule has 2 N–H and O–H groups in total. The van der Waals surface area contributed by atoms with Crippen LogP contribution in [0.2, 0.25) is 0 Å². The van der Waals surface area contributed by atoms with Crippen LogP contribution in [0.3, 0.4) is 0 Å². The predicted octanol–water partition coefficient (Wildman–Crippen LogP) is 13.3. The maximum Gasteiger partial charge on any atom is 0.410 e. The Morgan fingerprint density at radius 3 is 2.17 bits per heavy atom. The molecule has 1 aliphatic heterocycles. The molecule has 2 aromatic rings. The second-order valence-electron chi connectivity index (χ2n) is 19.8. The van der Waals surface area contributed by atoms with Crippen LogP contribution >= 0.6 is 0 Å². The van der Waals surface area contributed by atoms with E-state index in [0.29, 0.717) is 50.3 Å². The van der Waals surface area contributed by atoms with Crippen molar-refractivity contribution in [2.45, 2.75) is 187 Å². The largest absolute Gasteiger partial charge is 0.459 e. The average molecular weight is 901 g/mol. The van der Waals surface area contributed by atoms with Crippen molar-refractivity contribution >= 4 is 11.8 Å². The molecule has 1 amide bonds. The van der Waals surface area contributed by atoms with Crippen molar-refractivity contribution in [1.29, 1.82) is 0 Å². The highest BCUT2D eigenvalue weighted by molar-refractivity contribution is 6.03. The Morgan fingerprint density at radius 1 is 0.862 bits per heavy atom. The molecule has 1 heterocycles. The lowest BCUT2D eigenvalue weighted by atomic mass is 9.55. The molecule has 1 saturated carbocycles. The molecule has 3 aliphatic rings. The summed E-state index contributed by atoms with van der Waals surface area (Å²) in [6.45, 7) is 19.8. The van der Waals surface area contributed by atoms with E-state index in [4.69, 9.17) is 28.9 Å². The topological polar surface area (TPSA) is 119 Å². The van der Waals surface area contributed by atoms with E-state index in [-0.39, 0.29) is 43.7 Å². The number of aliphatic hydroxyl groups is 2. The summed E-state index contributed by atoms with van der Waals surface area (Å²) in [5.41, 5.74) is 4.59. The van der Waals surface area contributed by atoms with Gasteiger partial charge in [-0.1, -0.05) is 108 Å². The van der Waals surface area contributed by atoms with Crippen molar-refractivity contribution in [3.8, 4) is 17.2 Å². The zero-order chi connectivity index (χ0) is 46.8. The molecule has 10 heteroatoms. The minimum Gasteiger partial charge on any atom is -0.459 e. The Labute approximate surface area is 392 Å². The minimum atomic E-state index is -1.34. The number of allylic oxidation sites excluding steroid dienone is 1. The summed E-state index contributed by atoms with van der Waals surface area (Å²) in [7, 11) is 0. The van der Waals surface area contributed by atoms with Crippen molar-refractivity contribution in [2.24, 2.45) is 22.9 Å². The molecule has 0 radical (unpaired) electrons. The number of oxime groups is 1. The number of benzene rings is 2. The number of hydrogen-bond donors (Lipinski definition) is 2. The van der Waals surface area contributed by atoms with Crippen LogP contribution < -0.4 is 9.47 Å². The maximum absolute atomic E-state index is 14.6. The molecule has 1 fully saturated rings. The predicted molar refractivity (Wildman–Crippen MR) is 262 cm³/mol. The van der Waals surface area contributed by atoms with Crippen LogP contribution in [0.4, 0.5) is 4.79 Å². The lowest BCUT2D eigenvalue weighted by Crippen LogP contribution is -2.70. The number of unbranched alkanes of at least 4 members (excludes halogenated alkanes) is 11. The van der Waals surface area contributed by atoms with Crippen LogP contribution in [0, 0.1) is 31.6 Å². The van der Waals surface area contributed by atoms with Crippen molar-refractivity contribution in [2.75, 3.05) is 33.0 Å². The highest BCUT2D eigenvalue weighted by Crippen LogP contribution is 2.62. The highest BCUT2D eigenvalue weighted by Gasteiger charge is 2.65. The van der Waals surface area contributed by atoms with E-state index in [1.54, 1.807) is 6.08 Å². The Balaban J connectivity index is 1.60. The fourth-order valence-corrected chi connectivity index (χ4v) is 10.3. The summed E-state index contributed by atoms with van der Waals surface area (Å²) >= 11 is 0. The molecule has 6 atom stereocenters. The third kappa shape index (κ3) is 14.1. The summed E-state index contributed by atoms with van der Waals surface area (Å²) < 4.78 is 27.3. The molecule has 2 aromatic carbocycles. The average Bonchev–Trinajstić information content (AvgIpc) is 3.28. The lowest BCUT2D eigenvalue weighted by molar-refractivity contribution is -0.255. The Bertz CT molecular complexity index is 1850. The second kappa shape index (κ2) is 25.9. The van der Waals surface area contributed by atoms with Crippen LogP contribution in [0.25, 0.3) is 0 Å². The van der Waals surface area contributed by atoms with Gasteiger partial charge in [0.1, 0.15) is 28.9 Å². The molecule has 0 saturated heterocycles. The van der Waals surface area contributed by atoms with Gasteiger partial charge in [0.2, 0.25) is 5.79 Å². The number of nitrogens with zero attached hydrogens (tertiary/aromatic N) is 2. The molecule has 0 spiro atoms. The second-order valence-corrected chi connectivity index (χ2v) is 19.8. The molecule has 2 aliphatic carbocycles. The first kappa shape index (κ1) is 52.1. The fourth-order valence-electron chi connectivity index (χ4n) is 10.3. The quantitative estimate of drug-likeness (QED) is 0.0492. The standard InChI is InChI=1S/C55H84N2O8/c1-9-12-13-14-15-16-17-18-19-24-35-61-53(60)57(31-10-2)50-39-48(56-65-54(6,7)8)46-37-42(25-20-22-32-58)45(26-21-23-33-59)51-47-38-44(63-43-28-27-40(4)41(5)36-43)29-30-49(47)64-55(50,52(46)51)62-34-11-3/h11,27-30,36-38,42,45,50-52,58-59H,3,9-10,12-26,31-35,39H2,1-2,4-8H3. The molecular formula is C55H84N2O8. The van der Waals surface area contributed by atoms with Gasteiger partial charge in [-0.2, -0.15) is 0 Å². The van der Waals surface area contributed by atoms with Gasteiger partial charge in [0.05, 0.1) is 24.8 Å². The highest BCUT2D eigenvalue weighted by atomic mass is 16.7. The van der Waals surface area contributed by atoms with Gasteiger partial charge in [-0.05, 0) is 132 Å². The number of amides is 1. The number of carbonyl (C=O) groups is 1. The van der Waals surface area contributed by atoms with E-state index in [0.717, 1.165) is 73.1 Å². The Morgan fingerprint density at radius 2 is 1.52 bits per heavy atom. The van der Waals surface area contributed by atoms with Gasteiger partial charge in [0, 0.05) is 37.7 Å². The first-order valence-corrected chi connectivity index (χ1v) is 25.4. The maximum atomic E-state index is 14.6. The summed E-state index contributed by atoms with van der Waals surface area (Å²) in [5.74, 6) is 0.482. The van der Waals surface area contributed by atoms with E-state index in [9.17, 15) is 15.0 Å². The SMILES string of the molecule is C=CCOC12Oc3ccc(Oc4ccc(C)c(C)c4)cc3C3C(CCCCO)C(CCCCO)C=C(C(=NOC(C)(C)C)CC1N(CCC)C(=O)OCCCCCCCCCCCC)C32. The first-order chi connectivity index (χ1) is 31.4. The van der Waals surface area contributed by atoms with Gasteiger partial charge in [-0.3, -0.25) is 4.90 Å². The molecule has 10 nitrogen and oxygen atoms in total. The molecule has 362 valence electrons. The van der Waals surface area contributed by atoms with Crippen LogP contribution in [-0.2, 0) is 14.3 Å². The van der Waals surface area contributed by atoms with E-state index in [2.05, 4.69) is 58.5 Å². The van der Waals surface area contributed by atoms with Crippen molar-refractivity contribution < 1.29 is 38.8 Å². The summed E-state index contributed by atoms with van der Waals surface area (Å²) in [6.07, 6.45) is 21.6. The number of fused-ring (bicyclic) bond motifs is 2. The summed E-state index contributed by atoms with van der Waals surface area (Å²) in [4.78, 5) is 22.8. The zero-order valence-corrected chi connectivity index (χ0v) is 41.2. The van der Waals surface area contributed by atoms with Gasteiger partial charge in [-0.25, -0.2) is 4.79 Å². The monoisotopic (exact) mass is 901 g/mol. The molecule has 6 unspecified atom stereocenters. The number of ether oxygens (including phenoxy) is 4. The Hall–Kier alpha value is -3.86. The van der Waals surface area contributed by atoms with Crippen molar-refractivity contribution in [3.63, 3.8) is 0 Å². The fraction of sp³-hybridized carbons (Fsp3) is 0.673. The number of aliphatic hydroxyl groups excluding tert-OH is 2. The van der Waals surface area contributed by atoms with Crippen LogP contribution in [0.15, 0.2) is 65.9 Å². The molecule has 0 aromatic heterocycles. The van der Waals surface area contributed by atoms with E-state index < -0.39 is 23.3 Å². The van der Waals surface area contributed by atoms with Gasteiger partial charge >= 0.3 is 6.09 Å². The smallest absolute Gasteiger partial charge is 0.410 e. The normalized spacial score (nSPS) is 22.9. The number of aryl methyl sites for hydroxylation is 2. The third-order valence-corrected chi connectivity index (χ3v) is 13.6. The van der Waals surface area contributed by atoms with E-state index in [1.807, 2.05) is 43.9 Å². The van der Waals surface area contributed by atoms with Gasteiger partial charge < -0.3 is 34.0 Å². The lowest BCUT2D eigenvalue weighted by Gasteiger charge is -2.60. The Kier molecular flexibility index (Phi) is 20.8. The summed E-state index contributed by atoms with van der Waals surface area (Å²) in [5, 5.41) is 24.9. The number of carbonyl (C=O) groups excluding carboxylic acids is 1. The number of hydrogen-bond acceptors (Lipinski definition) is 9.